The Kier molecular flexibility index (Phi) is 5.25. The van der Waals surface area contributed by atoms with Crippen molar-refractivity contribution in [2.75, 3.05) is 11.9 Å². The van der Waals surface area contributed by atoms with Crippen molar-refractivity contribution in [2.24, 2.45) is 0 Å². The van der Waals surface area contributed by atoms with Crippen LogP contribution in [0.1, 0.15) is 19.3 Å². The van der Waals surface area contributed by atoms with E-state index in [0.717, 1.165) is 6.42 Å². The van der Waals surface area contributed by atoms with Crippen molar-refractivity contribution in [1.29, 1.82) is 0 Å². The second kappa shape index (κ2) is 6.48. The number of aliphatic carboxylic acids is 1. The van der Waals surface area contributed by atoms with E-state index in [-0.39, 0.29) is 12.2 Å². The van der Waals surface area contributed by atoms with E-state index in [1.165, 1.54) is 6.07 Å². The fraction of sp³-hybridized carbons (Fsp3) is 0.364. The number of carboxylic acid groups (broad SMARTS) is 1. The highest BCUT2D eigenvalue weighted by Crippen LogP contribution is 2.19. The molecule has 0 saturated heterocycles. The van der Waals surface area contributed by atoms with Gasteiger partial charge in [0.1, 0.15) is 5.82 Å². The predicted octanol–water partition coefficient (Wildman–Crippen LogP) is 3.26. The molecule has 1 rings (SSSR count). The van der Waals surface area contributed by atoms with Gasteiger partial charge >= 0.3 is 5.97 Å². The van der Waals surface area contributed by atoms with E-state index in [1.54, 1.807) is 12.1 Å². The molecule has 0 radical (unpaired) electrons. The summed E-state index contributed by atoms with van der Waals surface area (Å²) < 4.78 is 13.5. The summed E-state index contributed by atoms with van der Waals surface area (Å²) in [5.41, 5.74) is 0.705. The number of hydrogen-bond acceptors (Lipinski definition) is 2. The lowest BCUT2D eigenvalue weighted by atomic mass is 10.2. The maximum atomic E-state index is 13.1. The zero-order valence-corrected chi connectivity index (χ0v) is 10.3. The number of carboxylic acids is 1. The second-order valence-electron chi connectivity index (χ2n) is 3.41. The summed E-state index contributed by atoms with van der Waals surface area (Å²) in [5.74, 6) is -1.09. The molecule has 0 atom stereocenters. The Morgan fingerprint density at radius 2 is 2.19 bits per heavy atom. The van der Waals surface area contributed by atoms with Crippen LogP contribution in [-0.2, 0) is 4.79 Å². The lowest BCUT2D eigenvalue weighted by molar-refractivity contribution is -0.137. The molecule has 0 aliphatic rings. The lowest BCUT2D eigenvalue weighted by Gasteiger charge is -2.06. The van der Waals surface area contributed by atoms with Crippen LogP contribution in [0, 0.1) is 5.82 Å². The minimum Gasteiger partial charge on any atom is -0.481 e. The minimum atomic E-state index is -0.783. The molecule has 0 saturated carbocycles. The quantitative estimate of drug-likeness (QED) is 0.791. The third-order valence-electron chi connectivity index (χ3n) is 2.07. The van der Waals surface area contributed by atoms with Gasteiger partial charge in [-0.3, -0.25) is 4.79 Å². The zero-order valence-electron chi connectivity index (χ0n) is 8.67. The number of carbonyl (C=O) groups is 1. The van der Waals surface area contributed by atoms with Crippen LogP contribution in [0.15, 0.2) is 22.7 Å². The fourth-order valence-electron chi connectivity index (χ4n) is 1.24. The topological polar surface area (TPSA) is 49.3 Å². The van der Waals surface area contributed by atoms with Gasteiger partial charge in [-0.2, -0.15) is 0 Å². The largest absolute Gasteiger partial charge is 0.481 e. The summed E-state index contributed by atoms with van der Waals surface area (Å²) in [6.45, 7) is 0.647. The van der Waals surface area contributed by atoms with Gasteiger partial charge in [0, 0.05) is 18.7 Å². The fourth-order valence-corrected chi connectivity index (χ4v) is 1.49. The molecule has 88 valence electrons. The van der Waals surface area contributed by atoms with Crippen LogP contribution >= 0.6 is 15.9 Å². The Bertz CT molecular complexity index is 371. The van der Waals surface area contributed by atoms with Gasteiger partial charge < -0.3 is 10.4 Å². The van der Waals surface area contributed by atoms with Crippen molar-refractivity contribution in [3.05, 3.63) is 28.5 Å². The Labute approximate surface area is 102 Å². The molecule has 0 aliphatic carbocycles. The molecule has 0 amide bonds. The normalized spacial score (nSPS) is 10.1. The Balaban J connectivity index is 2.27. The highest BCUT2D eigenvalue weighted by molar-refractivity contribution is 9.10. The summed E-state index contributed by atoms with van der Waals surface area (Å²) in [5, 5.41) is 11.5. The first-order valence-corrected chi connectivity index (χ1v) is 5.79. The molecule has 1 aromatic rings. The smallest absolute Gasteiger partial charge is 0.303 e. The summed E-state index contributed by atoms with van der Waals surface area (Å²) in [4.78, 5) is 10.2. The van der Waals surface area contributed by atoms with E-state index in [9.17, 15) is 9.18 Å². The van der Waals surface area contributed by atoms with Crippen molar-refractivity contribution in [3.8, 4) is 0 Å². The van der Waals surface area contributed by atoms with Crippen LogP contribution in [0.4, 0.5) is 10.1 Å². The van der Waals surface area contributed by atoms with Crippen molar-refractivity contribution < 1.29 is 14.3 Å². The van der Waals surface area contributed by atoms with Gasteiger partial charge in [-0.05, 0) is 47.0 Å². The van der Waals surface area contributed by atoms with Gasteiger partial charge in [0.2, 0.25) is 0 Å². The highest BCUT2D eigenvalue weighted by atomic mass is 79.9. The average Bonchev–Trinajstić information content (AvgIpc) is 2.22. The standard InChI is InChI=1S/C11H13BrFNO2/c12-9-5-4-8(7-10(9)13)14-6-2-1-3-11(15)16/h4-5,7,14H,1-3,6H2,(H,15,16). The van der Waals surface area contributed by atoms with Crippen molar-refractivity contribution in [2.45, 2.75) is 19.3 Å². The maximum absolute atomic E-state index is 13.1. The summed E-state index contributed by atoms with van der Waals surface area (Å²) >= 11 is 3.07. The molecule has 5 heteroatoms. The molecule has 0 aromatic heterocycles. The van der Waals surface area contributed by atoms with Gasteiger partial charge in [0.05, 0.1) is 4.47 Å². The van der Waals surface area contributed by atoms with E-state index in [0.29, 0.717) is 23.1 Å². The van der Waals surface area contributed by atoms with Gasteiger partial charge in [-0.1, -0.05) is 0 Å². The number of nitrogens with one attached hydrogen (secondary N) is 1. The molecule has 1 aromatic carbocycles. The van der Waals surface area contributed by atoms with Crippen LogP contribution in [-0.4, -0.2) is 17.6 Å². The SMILES string of the molecule is O=C(O)CCCCNc1ccc(Br)c(F)c1. The van der Waals surface area contributed by atoms with E-state index < -0.39 is 5.97 Å². The zero-order chi connectivity index (χ0) is 12.0. The Morgan fingerprint density at radius 3 is 2.81 bits per heavy atom. The molecule has 0 heterocycles. The van der Waals surface area contributed by atoms with Crippen LogP contribution in [0.25, 0.3) is 0 Å². The molecular formula is C11H13BrFNO2. The van der Waals surface area contributed by atoms with Crippen LogP contribution in [0.3, 0.4) is 0 Å². The molecule has 0 fully saturated rings. The van der Waals surface area contributed by atoms with E-state index >= 15 is 0 Å². The number of halogens is 2. The minimum absolute atomic E-state index is 0.177. The number of benzene rings is 1. The van der Waals surface area contributed by atoms with Gasteiger partial charge in [-0.25, -0.2) is 4.39 Å². The van der Waals surface area contributed by atoms with E-state index in [1.807, 2.05) is 0 Å². The summed E-state index contributed by atoms with van der Waals surface area (Å²) in [6, 6.07) is 4.81. The maximum Gasteiger partial charge on any atom is 0.303 e. The molecule has 0 spiro atoms. The third kappa shape index (κ3) is 4.61. The first kappa shape index (κ1) is 13.0. The van der Waals surface area contributed by atoms with Crippen LogP contribution in [0.2, 0.25) is 0 Å². The Hall–Kier alpha value is -1.10. The number of unbranched alkanes of at least 4 members (excludes halogenated alkanes) is 1. The van der Waals surface area contributed by atoms with Gasteiger partial charge in [-0.15, -0.1) is 0 Å². The second-order valence-corrected chi connectivity index (χ2v) is 4.26. The van der Waals surface area contributed by atoms with Crippen LogP contribution < -0.4 is 5.32 Å². The van der Waals surface area contributed by atoms with Gasteiger partial charge in [0.15, 0.2) is 0 Å². The molecule has 0 unspecified atom stereocenters. The molecule has 3 nitrogen and oxygen atoms in total. The predicted molar refractivity (Wildman–Crippen MR) is 64.1 cm³/mol. The van der Waals surface area contributed by atoms with E-state index in [4.69, 9.17) is 5.11 Å². The Morgan fingerprint density at radius 1 is 1.44 bits per heavy atom. The van der Waals surface area contributed by atoms with Crippen molar-refractivity contribution in [1.82, 2.24) is 0 Å². The third-order valence-corrected chi connectivity index (χ3v) is 2.71. The molecule has 16 heavy (non-hydrogen) atoms. The molecular weight excluding hydrogens is 277 g/mol. The first-order chi connectivity index (χ1) is 7.59. The van der Waals surface area contributed by atoms with Gasteiger partial charge in [0.25, 0.3) is 0 Å². The average molecular weight is 290 g/mol. The molecule has 2 N–H and O–H groups in total. The monoisotopic (exact) mass is 289 g/mol. The number of rotatable bonds is 6. The van der Waals surface area contributed by atoms with E-state index in [2.05, 4.69) is 21.2 Å². The summed E-state index contributed by atoms with van der Waals surface area (Å²) in [7, 11) is 0. The van der Waals surface area contributed by atoms with Crippen molar-refractivity contribution >= 4 is 27.6 Å². The summed E-state index contributed by atoms with van der Waals surface area (Å²) in [6.07, 6.45) is 1.56. The number of anilines is 1. The first-order valence-electron chi connectivity index (χ1n) is 5.00. The molecule has 0 bridgehead atoms. The highest BCUT2D eigenvalue weighted by Gasteiger charge is 2.00. The van der Waals surface area contributed by atoms with Crippen molar-refractivity contribution in [3.63, 3.8) is 0 Å². The lowest BCUT2D eigenvalue weighted by Crippen LogP contribution is -2.03. The number of hydrogen-bond donors (Lipinski definition) is 2. The molecule has 0 aliphatic heterocycles. The van der Waals surface area contributed by atoms with Crippen LogP contribution in [0.5, 0.6) is 0 Å².